The Balaban J connectivity index is 1.35. The van der Waals surface area contributed by atoms with Crippen molar-refractivity contribution in [1.29, 1.82) is 0 Å². The van der Waals surface area contributed by atoms with Crippen LogP contribution in [0.3, 0.4) is 0 Å². The summed E-state index contributed by atoms with van der Waals surface area (Å²) < 4.78 is 2.27. The van der Waals surface area contributed by atoms with Gasteiger partial charge >= 0.3 is 0 Å². The number of fused-ring (bicyclic) bond motifs is 1. The van der Waals surface area contributed by atoms with Crippen molar-refractivity contribution in [1.82, 2.24) is 10.4 Å². The van der Waals surface area contributed by atoms with Gasteiger partial charge in [0.05, 0.1) is 15.9 Å². The lowest BCUT2D eigenvalue weighted by Crippen LogP contribution is -2.18. The molecular weight excluding hydrogens is 374 g/mol. The number of nitrogens with one attached hydrogen (secondary N) is 1. The van der Waals surface area contributed by atoms with Crippen molar-refractivity contribution in [3.63, 3.8) is 0 Å². The molecule has 0 atom stereocenters. The van der Waals surface area contributed by atoms with Gasteiger partial charge in [-0.2, -0.15) is 5.10 Å². The summed E-state index contributed by atoms with van der Waals surface area (Å²) in [5, 5.41) is 4.20. The minimum absolute atomic E-state index is 0.175. The summed E-state index contributed by atoms with van der Waals surface area (Å²) in [6, 6.07) is 15.8. The summed E-state index contributed by atoms with van der Waals surface area (Å²) in [4.78, 5) is 16.9. The number of aromatic nitrogens is 1. The largest absolute Gasteiger partial charge is 0.271 e. The number of hydrogen-bond donors (Lipinski definition) is 1. The lowest BCUT2D eigenvalue weighted by Gasteiger charge is -2.03. The van der Waals surface area contributed by atoms with Crippen LogP contribution in [-0.4, -0.2) is 16.6 Å². The monoisotopic (exact) mass is 393 g/mol. The number of para-hydroxylation sites is 1. The minimum atomic E-state index is -0.175. The summed E-state index contributed by atoms with van der Waals surface area (Å²) in [5.41, 5.74) is 7.71. The van der Waals surface area contributed by atoms with Gasteiger partial charge in [-0.25, -0.2) is 10.4 Å². The SMILES string of the molecule is CC1=C/C(=N/NC(=O)c2ccc(CSc3nc4ccccc4s3)cc2)CC1. The topological polar surface area (TPSA) is 54.4 Å². The summed E-state index contributed by atoms with van der Waals surface area (Å²) in [7, 11) is 0. The molecule has 0 bridgehead atoms. The van der Waals surface area contributed by atoms with Gasteiger partial charge in [0.1, 0.15) is 0 Å². The van der Waals surface area contributed by atoms with E-state index < -0.39 is 0 Å². The molecule has 27 heavy (non-hydrogen) atoms. The Bertz CT molecular complexity index is 1000. The molecule has 1 heterocycles. The Kier molecular flexibility index (Phi) is 5.36. The van der Waals surface area contributed by atoms with Crippen LogP contribution in [0.1, 0.15) is 35.7 Å². The van der Waals surface area contributed by atoms with Gasteiger partial charge in [0.2, 0.25) is 0 Å². The van der Waals surface area contributed by atoms with Gasteiger partial charge in [0.15, 0.2) is 4.34 Å². The zero-order valence-corrected chi connectivity index (χ0v) is 16.6. The standard InChI is InChI=1S/C21H19N3OS2/c1-14-6-11-17(12-14)23-24-20(25)16-9-7-15(8-10-16)13-26-21-22-18-4-2-3-5-19(18)27-21/h2-5,7-10,12H,6,11,13H2,1H3,(H,24,25)/b23-17+. The highest BCUT2D eigenvalue weighted by Crippen LogP contribution is 2.31. The van der Waals surface area contributed by atoms with E-state index in [2.05, 4.69) is 28.5 Å². The van der Waals surface area contributed by atoms with Gasteiger partial charge in [-0.15, -0.1) is 11.3 Å². The number of carbonyl (C=O) groups is 1. The van der Waals surface area contributed by atoms with Crippen molar-refractivity contribution in [2.24, 2.45) is 5.10 Å². The number of thioether (sulfide) groups is 1. The van der Waals surface area contributed by atoms with Crippen LogP contribution in [-0.2, 0) is 5.75 Å². The van der Waals surface area contributed by atoms with E-state index in [4.69, 9.17) is 0 Å². The maximum Gasteiger partial charge on any atom is 0.271 e. The van der Waals surface area contributed by atoms with Crippen LogP contribution in [0.5, 0.6) is 0 Å². The zero-order valence-electron chi connectivity index (χ0n) is 14.9. The van der Waals surface area contributed by atoms with E-state index >= 15 is 0 Å². The summed E-state index contributed by atoms with van der Waals surface area (Å²) in [6.45, 7) is 2.08. The predicted molar refractivity (Wildman–Crippen MR) is 114 cm³/mol. The van der Waals surface area contributed by atoms with Crippen molar-refractivity contribution in [2.45, 2.75) is 29.9 Å². The molecule has 1 aliphatic carbocycles. The first kappa shape index (κ1) is 17.9. The lowest BCUT2D eigenvalue weighted by atomic mass is 10.1. The Morgan fingerprint density at radius 3 is 2.74 bits per heavy atom. The van der Waals surface area contributed by atoms with E-state index in [1.807, 2.05) is 48.5 Å². The molecule has 136 valence electrons. The number of hydrazone groups is 1. The average Bonchev–Trinajstić information content (AvgIpc) is 3.30. The van der Waals surface area contributed by atoms with Gasteiger partial charge in [0.25, 0.3) is 5.91 Å². The normalized spacial score (nSPS) is 15.3. The van der Waals surface area contributed by atoms with Gasteiger partial charge in [-0.1, -0.05) is 41.6 Å². The molecule has 0 fully saturated rings. The molecule has 6 heteroatoms. The Morgan fingerprint density at radius 2 is 2.00 bits per heavy atom. The maximum atomic E-state index is 12.2. The van der Waals surface area contributed by atoms with E-state index in [9.17, 15) is 4.79 Å². The molecule has 1 aromatic heterocycles. The van der Waals surface area contributed by atoms with Crippen LogP contribution < -0.4 is 5.43 Å². The van der Waals surface area contributed by atoms with Crippen LogP contribution in [0.25, 0.3) is 10.2 Å². The number of carbonyl (C=O) groups excluding carboxylic acids is 1. The Hall–Kier alpha value is -2.44. The molecule has 0 aliphatic heterocycles. The van der Waals surface area contributed by atoms with Crippen molar-refractivity contribution in [2.75, 3.05) is 0 Å². The molecular formula is C21H19N3OS2. The number of nitrogens with zero attached hydrogens (tertiary/aromatic N) is 2. The third kappa shape index (κ3) is 4.46. The van der Waals surface area contributed by atoms with Crippen LogP contribution >= 0.6 is 23.1 Å². The fraction of sp³-hybridized carbons (Fsp3) is 0.190. The highest BCUT2D eigenvalue weighted by atomic mass is 32.2. The molecule has 4 nitrogen and oxygen atoms in total. The molecule has 1 N–H and O–H groups in total. The first-order valence-corrected chi connectivity index (χ1v) is 10.6. The Labute approximate surface area is 166 Å². The average molecular weight is 394 g/mol. The molecule has 0 saturated heterocycles. The quantitative estimate of drug-likeness (QED) is 0.465. The second-order valence-electron chi connectivity index (χ2n) is 6.47. The fourth-order valence-electron chi connectivity index (χ4n) is 2.84. The van der Waals surface area contributed by atoms with Gasteiger partial charge in [0, 0.05) is 11.3 Å². The molecule has 0 spiro atoms. The number of hydrogen-bond acceptors (Lipinski definition) is 5. The van der Waals surface area contributed by atoms with Crippen molar-refractivity contribution in [3.05, 3.63) is 71.3 Å². The number of thiazole rings is 1. The smallest absolute Gasteiger partial charge is 0.267 e. The summed E-state index contributed by atoms with van der Waals surface area (Å²) in [5.74, 6) is 0.652. The molecule has 0 unspecified atom stereocenters. The molecule has 0 radical (unpaired) electrons. The van der Waals surface area contributed by atoms with Crippen LogP contribution in [0.15, 0.2) is 69.6 Å². The second kappa shape index (κ2) is 8.06. The van der Waals surface area contributed by atoms with Gasteiger partial charge in [-0.3, -0.25) is 4.79 Å². The van der Waals surface area contributed by atoms with Gasteiger partial charge in [-0.05, 0) is 55.7 Å². The molecule has 1 aliphatic rings. The zero-order chi connectivity index (χ0) is 18.6. The van der Waals surface area contributed by atoms with Crippen molar-refractivity contribution < 1.29 is 4.79 Å². The maximum absolute atomic E-state index is 12.2. The highest BCUT2D eigenvalue weighted by molar-refractivity contribution is 8.00. The summed E-state index contributed by atoms with van der Waals surface area (Å²) in [6.07, 6.45) is 3.95. The van der Waals surface area contributed by atoms with Crippen LogP contribution in [0.4, 0.5) is 0 Å². The van der Waals surface area contributed by atoms with E-state index in [1.165, 1.54) is 10.3 Å². The number of amides is 1. The van der Waals surface area contributed by atoms with Crippen molar-refractivity contribution in [3.8, 4) is 0 Å². The van der Waals surface area contributed by atoms with Crippen molar-refractivity contribution >= 4 is 44.9 Å². The number of rotatable bonds is 5. The third-order valence-electron chi connectivity index (χ3n) is 4.34. The minimum Gasteiger partial charge on any atom is -0.267 e. The summed E-state index contributed by atoms with van der Waals surface area (Å²) >= 11 is 3.43. The van der Waals surface area contributed by atoms with E-state index in [1.54, 1.807) is 23.1 Å². The number of benzene rings is 2. The third-order valence-corrected chi connectivity index (χ3v) is 6.59. The molecule has 2 aromatic carbocycles. The predicted octanol–water partition coefficient (Wildman–Crippen LogP) is 5.41. The first-order chi connectivity index (χ1) is 13.2. The van der Waals surface area contributed by atoms with Gasteiger partial charge < -0.3 is 0 Å². The first-order valence-electron chi connectivity index (χ1n) is 8.79. The molecule has 0 saturated carbocycles. The molecule has 4 rings (SSSR count). The van der Waals surface area contributed by atoms with E-state index in [-0.39, 0.29) is 5.91 Å². The highest BCUT2D eigenvalue weighted by Gasteiger charge is 2.09. The molecule has 3 aromatic rings. The van der Waals surface area contributed by atoms with E-state index in [0.717, 1.165) is 39.7 Å². The van der Waals surface area contributed by atoms with E-state index in [0.29, 0.717) is 5.56 Å². The lowest BCUT2D eigenvalue weighted by molar-refractivity contribution is 0.0955. The van der Waals surface area contributed by atoms with Crippen LogP contribution in [0.2, 0.25) is 0 Å². The second-order valence-corrected chi connectivity index (χ2v) is 8.72. The van der Waals surface area contributed by atoms with Crippen LogP contribution in [0, 0.1) is 0 Å². The fourth-order valence-corrected chi connectivity index (χ4v) is 4.86. The molecule has 1 amide bonds. The number of allylic oxidation sites excluding steroid dienone is 2. The Morgan fingerprint density at radius 1 is 1.19 bits per heavy atom.